The minimum absolute atomic E-state index is 0.120. The Balaban J connectivity index is 1.53. The van der Waals surface area contributed by atoms with Gasteiger partial charge < -0.3 is 5.32 Å². The number of thioether (sulfide) groups is 1. The Morgan fingerprint density at radius 3 is 2.70 bits per heavy atom. The number of fused-ring (bicyclic) bond motifs is 3. The number of aromatic nitrogens is 3. The molecule has 2 aromatic heterocycles. The van der Waals surface area contributed by atoms with Gasteiger partial charge in [0, 0.05) is 19.8 Å². The highest BCUT2D eigenvalue weighted by atomic mass is 32.2. The molecule has 156 valence electrons. The lowest BCUT2D eigenvalue weighted by Gasteiger charge is -2.14. The lowest BCUT2D eigenvalue weighted by atomic mass is 10.3. The predicted molar refractivity (Wildman–Crippen MR) is 120 cm³/mol. The number of anilines is 1. The average molecular weight is 462 g/mol. The Bertz CT molecular complexity index is 1340. The normalized spacial score (nSPS) is 13.2. The number of amides is 1. The van der Waals surface area contributed by atoms with E-state index in [1.807, 2.05) is 28.7 Å². The molecule has 1 atom stereocenters. The minimum atomic E-state index is -3.58. The second kappa shape index (κ2) is 7.99. The van der Waals surface area contributed by atoms with E-state index in [0.717, 1.165) is 19.5 Å². The van der Waals surface area contributed by atoms with Crippen LogP contribution >= 0.6 is 23.1 Å². The summed E-state index contributed by atoms with van der Waals surface area (Å²) in [5, 5.41) is 11.4. The zero-order valence-corrected chi connectivity index (χ0v) is 18.9. The first-order valence-corrected chi connectivity index (χ1v) is 12.1. The number of thiazole rings is 1. The Kier molecular flexibility index (Phi) is 5.53. The summed E-state index contributed by atoms with van der Waals surface area (Å²) in [7, 11) is -0.649. The molecule has 0 saturated heterocycles. The van der Waals surface area contributed by atoms with Gasteiger partial charge in [-0.2, -0.15) is 0 Å². The summed E-state index contributed by atoms with van der Waals surface area (Å²) in [6.45, 7) is 1.77. The van der Waals surface area contributed by atoms with Crippen LogP contribution in [-0.2, 0) is 14.8 Å². The molecule has 0 aliphatic carbocycles. The van der Waals surface area contributed by atoms with Gasteiger partial charge in [0.25, 0.3) is 0 Å². The van der Waals surface area contributed by atoms with Gasteiger partial charge in [0.2, 0.25) is 20.9 Å². The van der Waals surface area contributed by atoms with Crippen molar-refractivity contribution < 1.29 is 13.2 Å². The van der Waals surface area contributed by atoms with Gasteiger partial charge in [-0.3, -0.25) is 9.20 Å². The van der Waals surface area contributed by atoms with Crippen molar-refractivity contribution in [1.29, 1.82) is 0 Å². The van der Waals surface area contributed by atoms with Crippen molar-refractivity contribution in [2.45, 2.75) is 22.2 Å². The summed E-state index contributed by atoms with van der Waals surface area (Å²) >= 11 is 2.84. The first-order valence-electron chi connectivity index (χ1n) is 9.00. The van der Waals surface area contributed by atoms with Crippen LogP contribution in [0, 0.1) is 0 Å². The molecule has 30 heavy (non-hydrogen) atoms. The Hall–Kier alpha value is -2.47. The van der Waals surface area contributed by atoms with Crippen molar-refractivity contribution in [3.05, 3.63) is 48.5 Å². The molecule has 2 heterocycles. The Morgan fingerprint density at radius 1 is 1.17 bits per heavy atom. The number of carbonyl (C=O) groups is 1. The number of rotatable bonds is 6. The third kappa shape index (κ3) is 3.81. The maximum absolute atomic E-state index is 12.7. The molecule has 4 rings (SSSR count). The van der Waals surface area contributed by atoms with E-state index in [9.17, 15) is 13.2 Å². The van der Waals surface area contributed by atoms with E-state index in [4.69, 9.17) is 0 Å². The molecule has 1 unspecified atom stereocenters. The maximum atomic E-state index is 12.7. The molecule has 2 aromatic carbocycles. The van der Waals surface area contributed by atoms with Crippen LogP contribution in [0.2, 0.25) is 0 Å². The van der Waals surface area contributed by atoms with E-state index < -0.39 is 15.3 Å². The Labute approximate surface area is 182 Å². The highest BCUT2D eigenvalue weighted by molar-refractivity contribution is 8.00. The number of nitrogens with zero attached hydrogens (tertiary/aromatic N) is 4. The summed E-state index contributed by atoms with van der Waals surface area (Å²) in [5.74, 6) is -0.254. The zero-order valence-electron chi connectivity index (χ0n) is 16.4. The van der Waals surface area contributed by atoms with Crippen LogP contribution in [0.25, 0.3) is 15.2 Å². The molecule has 1 N–H and O–H groups in total. The van der Waals surface area contributed by atoms with Gasteiger partial charge >= 0.3 is 0 Å². The lowest BCUT2D eigenvalue weighted by molar-refractivity contribution is -0.115. The van der Waals surface area contributed by atoms with Gasteiger partial charge in [0.15, 0.2) is 5.16 Å². The largest absolute Gasteiger partial charge is 0.325 e. The quantitative estimate of drug-likeness (QED) is 0.443. The van der Waals surface area contributed by atoms with Crippen LogP contribution in [0.1, 0.15) is 6.92 Å². The summed E-state index contributed by atoms with van der Waals surface area (Å²) in [6, 6.07) is 14.1. The molecule has 4 aromatic rings. The standard InChI is InChI=1S/C19H19N5O3S3/c1-12(17(25)20-13-7-6-8-14(11-13)30(26,27)23(2)3)28-18-21-22-19-24(18)15-9-4-5-10-16(15)29-19/h4-12H,1-3H3,(H,20,25). The fourth-order valence-electron chi connectivity index (χ4n) is 2.83. The first-order chi connectivity index (χ1) is 14.3. The third-order valence-corrected chi connectivity index (χ3v) is 8.31. The van der Waals surface area contributed by atoms with Crippen molar-refractivity contribution >= 4 is 59.9 Å². The molecule has 8 nitrogen and oxygen atoms in total. The lowest BCUT2D eigenvalue weighted by Crippen LogP contribution is -2.24. The van der Waals surface area contributed by atoms with E-state index >= 15 is 0 Å². The molecule has 0 aliphatic rings. The van der Waals surface area contributed by atoms with E-state index in [1.165, 1.54) is 38.0 Å². The van der Waals surface area contributed by atoms with Gasteiger partial charge in [-0.15, -0.1) is 10.2 Å². The summed E-state index contributed by atoms with van der Waals surface area (Å²) in [4.78, 5) is 13.6. The second-order valence-corrected chi connectivity index (χ2v) is 11.2. The Morgan fingerprint density at radius 2 is 1.93 bits per heavy atom. The molecule has 0 aliphatic heterocycles. The van der Waals surface area contributed by atoms with Gasteiger partial charge in [-0.25, -0.2) is 12.7 Å². The van der Waals surface area contributed by atoms with Crippen LogP contribution in [-0.4, -0.2) is 52.6 Å². The molecule has 0 saturated carbocycles. The number of hydrogen-bond acceptors (Lipinski definition) is 7. The van der Waals surface area contributed by atoms with E-state index in [2.05, 4.69) is 15.5 Å². The number of benzene rings is 2. The van der Waals surface area contributed by atoms with Crippen molar-refractivity contribution in [2.75, 3.05) is 19.4 Å². The van der Waals surface area contributed by atoms with Crippen LogP contribution < -0.4 is 5.32 Å². The van der Waals surface area contributed by atoms with Crippen LogP contribution in [0.4, 0.5) is 5.69 Å². The number of hydrogen-bond donors (Lipinski definition) is 1. The smallest absolute Gasteiger partial charge is 0.242 e. The SMILES string of the molecule is CC(Sc1nnc2sc3ccccc3n12)C(=O)Nc1cccc(S(=O)(=O)N(C)C)c1. The predicted octanol–water partition coefficient (Wildman–Crippen LogP) is 3.31. The molecular weight excluding hydrogens is 442 g/mol. The molecule has 0 radical (unpaired) electrons. The minimum Gasteiger partial charge on any atom is -0.325 e. The van der Waals surface area contributed by atoms with Gasteiger partial charge in [0.05, 0.1) is 20.4 Å². The molecule has 0 fully saturated rings. The van der Waals surface area contributed by atoms with E-state index in [0.29, 0.717) is 10.8 Å². The fraction of sp³-hybridized carbons (Fsp3) is 0.211. The van der Waals surface area contributed by atoms with Gasteiger partial charge in [-0.1, -0.05) is 41.3 Å². The number of para-hydroxylation sites is 1. The fourth-order valence-corrected chi connectivity index (χ4v) is 5.66. The highest BCUT2D eigenvalue weighted by Gasteiger charge is 2.21. The molecular formula is C19H19N5O3S3. The summed E-state index contributed by atoms with van der Waals surface area (Å²) in [5.41, 5.74) is 1.42. The molecule has 1 amide bonds. The molecule has 0 bridgehead atoms. The summed E-state index contributed by atoms with van der Waals surface area (Å²) in [6.07, 6.45) is 0. The first kappa shape index (κ1) is 20.8. The summed E-state index contributed by atoms with van der Waals surface area (Å²) < 4.78 is 28.8. The zero-order chi connectivity index (χ0) is 21.5. The van der Waals surface area contributed by atoms with E-state index in [-0.39, 0.29) is 10.8 Å². The molecule has 11 heteroatoms. The van der Waals surface area contributed by atoms with Crippen molar-refractivity contribution in [3.63, 3.8) is 0 Å². The van der Waals surface area contributed by atoms with Gasteiger partial charge in [0.1, 0.15) is 0 Å². The van der Waals surface area contributed by atoms with Crippen LogP contribution in [0.15, 0.2) is 58.6 Å². The topological polar surface area (TPSA) is 96.7 Å². The second-order valence-electron chi connectivity index (χ2n) is 6.73. The van der Waals surface area contributed by atoms with Crippen molar-refractivity contribution in [1.82, 2.24) is 18.9 Å². The maximum Gasteiger partial charge on any atom is 0.242 e. The van der Waals surface area contributed by atoms with Crippen LogP contribution in [0.5, 0.6) is 0 Å². The average Bonchev–Trinajstić information content (AvgIpc) is 3.27. The monoisotopic (exact) mass is 461 g/mol. The molecule has 0 spiro atoms. The third-order valence-electron chi connectivity index (χ3n) is 4.44. The van der Waals surface area contributed by atoms with Crippen molar-refractivity contribution in [3.8, 4) is 0 Å². The van der Waals surface area contributed by atoms with E-state index in [1.54, 1.807) is 30.4 Å². The number of sulfonamides is 1. The highest BCUT2D eigenvalue weighted by Crippen LogP contribution is 2.31. The van der Waals surface area contributed by atoms with Gasteiger partial charge in [-0.05, 0) is 37.3 Å². The number of carbonyl (C=O) groups excluding carboxylic acids is 1. The van der Waals surface area contributed by atoms with Crippen molar-refractivity contribution in [2.24, 2.45) is 0 Å². The van der Waals surface area contributed by atoms with Crippen LogP contribution in [0.3, 0.4) is 0 Å². The number of nitrogens with one attached hydrogen (secondary N) is 1.